The van der Waals surface area contributed by atoms with E-state index in [-0.39, 0.29) is 30.4 Å². The maximum absolute atomic E-state index is 11.6. The Hall–Kier alpha value is -0.950. The van der Waals surface area contributed by atoms with Crippen LogP contribution < -0.4 is 0 Å². The molecule has 6 nitrogen and oxygen atoms in total. The van der Waals surface area contributed by atoms with Crippen LogP contribution in [0.15, 0.2) is 11.6 Å². The molecular formula is C37H68O6. The first kappa shape index (κ1) is 38.2. The van der Waals surface area contributed by atoms with Gasteiger partial charge in [-0.2, -0.15) is 0 Å². The summed E-state index contributed by atoms with van der Waals surface area (Å²) in [5.41, 5.74) is 0.625. The van der Waals surface area contributed by atoms with E-state index >= 15 is 0 Å². The van der Waals surface area contributed by atoms with Gasteiger partial charge in [-0.25, -0.2) is 4.79 Å². The van der Waals surface area contributed by atoms with E-state index < -0.39 is 12.2 Å². The first-order valence-corrected chi connectivity index (χ1v) is 18.5. The minimum absolute atomic E-state index is 0.0949. The summed E-state index contributed by atoms with van der Waals surface area (Å²) in [5, 5.41) is 31.4. The Balaban J connectivity index is 1.34. The average molecular weight is 609 g/mol. The Labute approximate surface area is 264 Å². The van der Waals surface area contributed by atoms with Crippen molar-refractivity contribution in [3.63, 3.8) is 0 Å². The van der Waals surface area contributed by atoms with Crippen molar-refractivity contribution < 1.29 is 29.6 Å². The van der Waals surface area contributed by atoms with E-state index in [0.717, 1.165) is 64.2 Å². The van der Waals surface area contributed by atoms with Gasteiger partial charge in [-0.05, 0) is 45.1 Å². The molecule has 1 saturated heterocycles. The van der Waals surface area contributed by atoms with Gasteiger partial charge in [-0.15, -0.1) is 0 Å². The highest BCUT2D eigenvalue weighted by Crippen LogP contribution is 2.28. The molecule has 6 atom stereocenters. The highest BCUT2D eigenvalue weighted by molar-refractivity contribution is 5.90. The summed E-state index contributed by atoms with van der Waals surface area (Å²) in [6.07, 6.45) is 29.6. The predicted molar refractivity (Wildman–Crippen MR) is 176 cm³/mol. The quantitative estimate of drug-likeness (QED) is 0.0606. The maximum atomic E-state index is 11.6. The maximum Gasteiger partial charge on any atom is 0.334 e. The summed E-state index contributed by atoms with van der Waals surface area (Å²) in [6, 6.07) is 0. The second kappa shape index (κ2) is 24.3. The third kappa shape index (κ3) is 18.0. The largest absolute Gasteiger partial charge is 0.455 e. The number of ether oxygens (including phenoxy) is 2. The lowest BCUT2D eigenvalue weighted by Crippen LogP contribution is -2.31. The van der Waals surface area contributed by atoms with Crippen molar-refractivity contribution in [1.82, 2.24) is 0 Å². The minimum atomic E-state index is -0.449. The Morgan fingerprint density at radius 3 is 1.44 bits per heavy atom. The van der Waals surface area contributed by atoms with E-state index in [0.29, 0.717) is 12.0 Å². The van der Waals surface area contributed by atoms with E-state index in [9.17, 15) is 20.1 Å². The Kier molecular flexibility index (Phi) is 21.6. The number of carbonyl (C=O) groups is 1. The standard InChI is InChI=1S/C37H68O6/c1-3-4-5-6-7-8-12-15-18-21-24-33(39)35-26-27-36(43-35)34(40)25-22-19-16-13-10-9-11-14-17-20-23-32(38)29-31-28-30(2)42-37(31)41/h28,30,32-36,38-40H,3-27,29H2,1-2H3/t30-,32-,33+,34-,35-,36-/m0/s1. The second-order valence-corrected chi connectivity index (χ2v) is 13.7. The first-order valence-electron chi connectivity index (χ1n) is 18.5. The Morgan fingerprint density at radius 2 is 1.05 bits per heavy atom. The van der Waals surface area contributed by atoms with Gasteiger partial charge in [0.15, 0.2) is 0 Å². The molecule has 0 aromatic rings. The fourth-order valence-electron chi connectivity index (χ4n) is 6.75. The van der Waals surface area contributed by atoms with Gasteiger partial charge >= 0.3 is 5.97 Å². The monoisotopic (exact) mass is 609 g/mol. The van der Waals surface area contributed by atoms with E-state index in [1.807, 2.05) is 13.0 Å². The summed E-state index contributed by atoms with van der Waals surface area (Å²) in [5.74, 6) is -0.273. The highest BCUT2D eigenvalue weighted by Gasteiger charge is 2.34. The van der Waals surface area contributed by atoms with Crippen molar-refractivity contribution in [1.29, 1.82) is 0 Å². The number of carbonyl (C=O) groups excluding carboxylic acids is 1. The van der Waals surface area contributed by atoms with Crippen molar-refractivity contribution in [2.75, 3.05) is 0 Å². The number of aliphatic hydroxyl groups is 3. The number of unbranched alkanes of at least 4 members (excludes halogenated alkanes) is 18. The molecule has 0 amide bonds. The molecule has 0 aromatic carbocycles. The molecule has 3 N–H and O–H groups in total. The number of rotatable bonds is 28. The summed E-state index contributed by atoms with van der Waals surface area (Å²) < 4.78 is 11.2. The lowest BCUT2D eigenvalue weighted by atomic mass is 10.00. The smallest absolute Gasteiger partial charge is 0.334 e. The topological polar surface area (TPSA) is 96.2 Å². The summed E-state index contributed by atoms with van der Waals surface area (Å²) >= 11 is 0. The Morgan fingerprint density at radius 1 is 0.651 bits per heavy atom. The molecular weight excluding hydrogens is 540 g/mol. The number of hydrogen-bond donors (Lipinski definition) is 3. The van der Waals surface area contributed by atoms with Crippen LogP contribution in [0.5, 0.6) is 0 Å². The summed E-state index contributed by atoms with van der Waals surface area (Å²) in [6.45, 7) is 4.11. The number of aliphatic hydroxyl groups excluding tert-OH is 3. The lowest BCUT2D eigenvalue weighted by Gasteiger charge is -2.22. The molecule has 2 rings (SSSR count). The molecule has 2 heterocycles. The zero-order valence-electron chi connectivity index (χ0n) is 28.0. The van der Waals surface area contributed by atoms with Gasteiger partial charge in [0, 0.05) is 12.0 Å². The van der Waals surface area contributed by atoms with Crippen LogP contribution in [0.4, 0.5) is 0 Å². The molecule has 0 aliphatic carbocycles. The molecule has 0 spiro atoms. The molecule has 0 unspecified atom stereocenters. The molecule has 0 radical (unpaired) electrons. The van der Waals surface area contributed by atoms with Crippen molar-refractivity contribution in [2.45, 2.75) is 217 Å². The molecule has 252 valence electrons. The molecule has 1 fully saturated rings. The minimum Gasteiger partial charge on any atom is -0.455 e. The predicted octanol–water partition coefficient (Wildman–Crippen LogP) is 8.87. The zero-order valence-corrected chi connectivity index (χ0v) is 28.0. The van der Waals surface area contributed by atoms with Crippen LogP contribution in [0.3, 0.4) is 0 Å². The SMILES string of the molecule is CCCCCCCCCCCC[C@@H](O)[C@@H]1CC[C@@H]([C@@H](O)CCCCCCCCCCCC[C@H](O)CC2=C[C@H](C)OC2=O)O1. The van der Waals surface area contributed by atoms with Crippen LogP contribution in [-0.4, -0.2) is 57.9 Å². The van der Waals surface area contributed by atoms with Gasteiger partial charge in [0.05, 0.1) is 30.5 Å². The second-order valence-electron chi connectivity index (χ2n) is 13.7. The molecule has 6 heteroatoms. The van der Waals surface area contributed by atoms with Crippen LogP contribution in [0.1, 0.15) is 181 Å². The molecule has 2 aliphatic heterocycles. The van der Waals surface area contributed by atoms with Gasteiger partial charge < -0.3 is 24.8 Å². The van der Waals surface area contributed by atoms with Crippen molar-refractivity contribution in [3.8, 4) is 0 Å². The van der Waals surface area contributed by atoms with Crippen LogP contribution in [0, 0.1) is 0 Å². The van der Waals surface area contributed by atoms with Crippen LogP contribution in [0.2, 0.25) is 0 Å². The van der Waals surface area contributed by atoms with Crippen molar-refractivity contribution in [3.05, 3.63) is 11.6 Å². The van der Waals surface area contributed by atoms with Crippen LogP contribution in [0.25, 0.3) is 0 Å². The van der Waals surface area contributed by atoms with E-state index in [1.54, 1.807) is 0 Å². The van der Waals surface area contributed by atoms with Gasteiger partial charge in [0.1, 0.15) is 6.10 Å². The molecule has 2 aliphatic rings. The highest BCUT2D eigenvalue weighted by atomic mass is 16.5. The average Bonchev–Trinajstić information content (AvgIpc) is 3.60. The van der Waals surface area contributed by atoms with E-state index in [1.165, 1.54) is 96.3 Å². The van der Waals surface area contributed by atoms with E-state index in [4.69, 9.17) is 9.47 Å². The fraction of sp³-hybridized carbons (Fsp3) is 0.919. The molecule has 0 saturated carbocycles. The normalized spacial score (nSPS) is 22.5. The van der Waals surface area contributed by atoms with Gasteiger partial charge in [0.2, 0.25) is 0 Å². The number of cyclic esters (lactones) is 1. The zero-order chi connectivity index (χ0) is 31.1. The van der Waals surface area contributed by atoms with Gasteiger partial charge in [0.25, 0.3) is 0 Å². The molecule has 43 heavy (non-hydrogen) atoms. The number of hydrogen-bond acceptors (Lipinski definition) is 6. The van der Waals surface area contributed by atoms with Crippen LogP contribution >= 0.6 is 0 Å². The lowest BCUT2D eigenvalue weighted by molar-refractivity contribution is -0.139. The summed E-state index contributed by atoms with van der Waals surface area (Å²) in [7, 11) is 0. The van der Waals surface area contributed by atoms with Crippen molar-refractivity contribution in [2.24, 2.45) is 0 Å². The number of esters is 1. The third-order valence-electron chi connectivity index (χ3n) is 9.53. The van der Waals surface area contributed by atoms with Gasteiger partial charge in [-0.1, -0.05) is 135 Å². The van der Waals surface area contributed by atoms with E-state index in [2.05, 4.69) is 6.92 Å². The fourth-order valence-corrected chi connectivity index (χ4v) is 6.75. The van der Waals surface area contributed by atoms with Crippen LogP contribution in [-0.2, 0) is 14.3 Å². The molecule has 0 aromatic heterocycles. The van der Waals surface area contributed by atoms with Gasteiger partial charge in [-0.3, -0.25) is 0 Å². The van der Waals surface area contributed by atoms with Crippen molar-refractivity contribution >= 4 is 5.97 Å². The molecule has 0 bridgehead atoms. The third-order valence-corrected chi connectivity index (χ3v) is 9.53. The summed E-state index contributed by atoms with van der Waals surface area (Å²) in [4.78, 5) is 11.6. The first-order chi connectivity index (χ1) is 20.9. The Bertz CT molecular complexity index is 724.